The Bertz CT molecular complexity index is 950. The quantitative estimate of drug-likeness (QED) is 0.171. The van der Waals surface area contributed by atoms with Gasteiger partial charge in [-0.1, -0.05) is 52.0 Å². The molecule has 0 spiro atoms. The molecule has 1 fully saturated rings. The van der Waals surface area contributed by atoms with Crippen molar-refractivity contribution < 1.29 is 43.9 Å². The molecule has 3 N–H and O–H groups in total. The number of aliphatic hydroxyl groups excluding tert-OH is 2. The highest BCUT2D eigenvalue weighted by Gasteiger charge is 2.45. The zero-order valence-electron chi connectivity index (χ0n) is 24.2. The van der Waals surface area contributed by atoms with Crippen molar-refractivity contribution in [3.05, 3.63) is 36.0 Å². The van der Waals surface area contributed by atoms with Crippen LogP contribution in [0.1, 0.15) is 74.1 Å². The van der Waals surface area contributed by atoms with Crippen molar-refractivity contribution in [1.82, 2.24) is 0 Å². The summed E-state index contributed by atoms with van der Waals surface area (Å²) in [5, 5.41) is 31.2. The summed E-state index contributed by atoms with van der Waals surface area (Å²) in [5.41, 5.74) is -1.33. The van der Waals surface area contributed by atoms with E-state index in [4.69, 9.17) is 14.2 Å². The van der Waals surface area contributed by atoms with Crippen LogP contribution in [-0.4, -0.2) is 75.3 Å². The molecule has 0 radical (unpaired) electrons. The first kappa shape index (κ1) is 32.9. The summed E-state index contributed by atoms with van der Waals surface area (Å²) < 4.78 is 16.7. The van der Waals surface area contributed by atoms with Gasteiger partial charge in [-0.3, -0.25) is 14.4 Å². The third kappa shape index (κ3) is 9.67. The maximum absolute atomic E-state index is 12.6. The van der Waals surface area contributed by atoms with Gasteiger partial charge in [-0.25, -0.2) is 0 Å². The Balaban J connectivity index is 2.17. The van der Waals surface area contributed by atoms with E-state index >= 15 is 0 Å². The molecule has 0 aromatic heterocycles. The molecule has 10 atom stereocenters. The Morgan fingerprint density at radius 3 is 2.51 bits per heavy atom. The number of aliphatic hydroxyl groups is 3. The summed E-state index contributed by atoms with van der Waals surface area (Å²) in [4.78, 5) is 36.9. The van der Waals surface area contributed by atoms with Crippen molar-refractivity contribution in [3.8, 4) is 0 Å². The van der Waals surface area contributed by atoms with Crippen LogP contribution in [0, 0.1) is 17.8 Å². The van der Waals surface area contributed by atoms with Gasteiger partial charge in [0.05, 0.1) is 30.8 Å². The molecule has 0 aromatic rings. The van der Waals surface area contributed by atoms with Gasteiger partial charge in [0.1, 0.15) is 6.10 Å². The van der Waals surface area contributed by atoms with Gasteiger partial charge in [0, 0.05) is 25.2 Å². The zero-order valence-corrected chi connectivity index (χ0v) is 24.2. The van der Waals surface area contributed by atoms with Crippen LogP contribution in [0.5, 0.6) is 0 Å². The molecule has 0 saturated carbocycles. The first-order valence-corrected chi connectivity index (χ1v) is 13.8. The summed E-state index contributed by atoms with van der Waals surface area (Å²) >= 11 is 0. The van der Waals surface area contributed by atoms with Crippen LogP contribution in [0.25, 0.3) is 0 Å². The van der Waals surface area contributed by atoms with E-state index in [-0.39, 0.29) is 30.1 Å². The van der Waals surface area contributed by atoms with Crippen LogP contribution in [-0.2, 0) is 28.6 Å². The van der Waals surface area contributed by atoms with Gasteiger partial charge in [-0.2, -0.15) is 0 Å². The lowest BCUT2D eigenvalue weighted by Crippen LogP contribution is -2.49. The lowest BCUT2D eigenvalue weighted by Gasteiger charge is -2.31. The molecule has 9 nitrogen and oxygen atoms in total. The molecule has 2 heterocycles. The fourth-order valence-corrected chi connectivity index (χ4v) is 4.88. The van der Waals surface area contributed by atoms with Gasteiger partial charge in [0.2, 0.25) is 0 Å². The van der Waals surface area contributed by atoms with Gasteiger partial charge < -0.3 is 29.5 Å². The number of epoxide rings is 1. The maximum Gasteiger partial charge on any atom is 0.309 e. The van der Waals surface area contributed by atoms with Crippen LogP contribution in [0.2, 0.25) is 0 Å². The highest BCUT2D eigenvalue weighted by molar-refractivity contribution is 5.89. The number of rotatable bonds is 9. The molecule has 2 aliphatic heterocycles. The number of ether oxygens (including phenoxy) is 3. The second-order valence-corrected chi connectivity index (χ2v) is 11.3. The molecular formula is C30H46O9. The number of esters is 2. The predicted molar refractivity (Wildman–Crippen MR) is 145 cm³/mol. The maximum atomic E-state index is 12.6. The second kappa shape index (κ2) is 14.3. The molecule has 2 aliphatic rings. The minimum atomic E-state index is -2.08. The zero-order chi connectivity index (χ0) is 29.5. The van der Waals surface area contributed by atoms with Crippen molar-refractivity contribution in [2.75, 3.05) is 0 Å². The molecule has 1 saturated heterocycles. The first-order valence-electron chi connectivity index (χ1n) is 13.8. The van der Waals surface area contributed by atoms with E-state index in [9.17, 15) is 29.7 Å². The van der Waals surface area contributed by atoms with E-state index in [1.807, 2.05) is 39.0 Å². The molecule has 0 bridgehead atoms. The predicted octanol–water partition coefficient (Wildman–Crippen LogP) is 3.20. The van der Waals surface area contributed by atoms with E-state index in [0.717, 1.165) is 12.0 Å². The molecule has 10 unspecified atom stereocenters. The first-order chi connectivity index (χ1) is 18.2. The molecule has 220 valence electrons. The van der Waals surface area contributed by atoms with E-state index < -0.39 is 60.4 Å². The summed E-state index contributed by atoms with van der Waals surface area (Å²) in [6.45, 7) is 12.1. The lowest BCUT2D eigenvalue weighted by molar-refractivity contribution is -0.163. The van der Waals surface area contributed by atoms with Crippen LogP contribution < -0.4 is 0 Å². The van der Waals surface area contributed by atoms with Crippen molar-refractivity contribution in [1.29, 1.82) is 0 Å². The SMILES string of the molecule is CCC(O)C(C)C1OC1CC(C)/C=C/C=C(\C)C1OC(=O)CC(O)CC(=O)C(C)(O)C(OC(C)=O)/C=C/C1C. The molecule has 2 rings (SSSR count). The Morgan fingerprint density at radius 2 is 1.90 bits per heavy atom. The summed E-state index contributed by atoms with van der Waals surface area (Å²) in [5.74, 6) is -2.16. The van der Waals surface area contributed by atoms with Crippen LogP contribution in [0.3, 0.4) is 0 Å². The third-order valence-corrected chi connectivity index (χ3v) is 7.58. The largest absolute Gasteiger partial charge is 0.457 e. The monoisotopic (exact) mass is 550 g/mol. The summed E-state index contributed by atoms with van der Waals surface area (Å²) in [6.07, 6.45) is 6.04. The van der Waals surface area contributed by atoms with Crippen LogP contribution in [0.4, 0.5) is 0 Å². The second-order valence-electron chi connectivity index (χ2n) is 11.3. The molecule has 39 heavy (non-hydrogen) atoms. The van der Waals surface area contributed by atoms with E-state index in [2.05, 4.69) is 6.92 Å². The van der Waals surface area contributed by atoms with Crippen molar-refractivity contribution in [2.45, 2.75) is 116 Å². The van der Waals surface area contributed by atoms with E-state index in [0.29, 0.717) is 6.42 Å². The van der Waals surface area contributed by atoms with E-state index in [1.165, 1.54) is 19.9 Å². The van der Waals surface area contributed by atoms with Crippen LogP contribution in [0.15, 0.2) is 36.0 Å². The Kier molecular flexibility index (Phi) is 12.1. The normalized spacial score (nSPS) is 35.8. The average molecular weight is 551 g/mol. The summed E-state index contributed by atoms with van der Waals surface area (Å²) in [7, 11) is 0. The Morgan fingerprint density at radius 1 is 1.23 bits per heavy atom. The fraction of sp³-hybridized carbons (Fsp3) is 0.700. The Labute approximate surface area is 231 Å². The smallest absolute Gasteiger partial charge is 0.309 e. The molecular weight excluding hydrogens is 504 g/mol. The fourth-order valence-electron chi connectivity index (χ4n) is 4.88. The number of carbonyl (C=O) groups is 3. The minimum Gasteiger partial charge on any atom is -0.457 e. The number of cyclic esters (lactones) is 1. The molecule has 0 aliphatic carbocycles. The van der Waals surface area contributed by atoms with Crippen molar-refractivity contribution >= 4 is 17.7 Å². The van der Waals surface area contributed by atoms with Crippen molar-refractivity contribution in [2.24, 2.45) is 17.8 Å². The number of allylic oxidation sites excluding steroid dienone is 3. The average Bonchev–Trinajstić information content (AvgIpc) is 3.61. The van der Waals surface area contributed by atoms with Gasteiger partial charge in [0.15, 0.2) is 17.5 Å². The lowest BCUT2D eigenvalue weighted by atomic mass is 9.87. The van der Waals surface area contributed by atoms with E-state index in [1.54, 1.807) is 13.0 Å². The minimum absolute atomic E-state index is 0.0820. The van der Waals surface area contributed by atoms with Crippen LogP contribution >= 0.6 is 0 Å². The third-order valence-electron chi connectivity index (χ3n) is 7.58. The van der Waals surface area contributed by atoms with Gasteiger partial charge in [-0.15, -0.1) is 0 Å². The highest BCUT2D eigenvalue weighted by atomic mass is 16.6. The molecule has 9 heteroatoms. The van der Waals surface area contributed by atoms with Gasteiger partial charge in [0.25, 0.3) is 0 Å². The van der Waals surface area contributed by atoms with Gasteiger partial charge >= 0.3 is 11.9 Å². The Hall–Kier alpha value is -2.33. The summed E-state index contributed by atoms with van der Waals surface area (Å²) in [6, 6.07) is 0. The van der Waals surface area contributed by atoms with Crippen molar-refractivity contribution in [3.63, 3.8) is 0 Å². The standard InChI is InChI=1S/C30H46O9/c1-8-23(33)20(5)29-24(38-29)14-17(2)10-9-11-18(3)28-19(4)12-13-26(37-21(6)31)30(7,36)25(34)15-22(32)16-27(35)39-28/h9-13,17,19-20,22-24,26,28-29,32-33,36H,8,14-16H2,1-7H3/b10-9+,13-12+,18-11+. The number of hydrogen-bond acceptors (Lipinski definition) is 9. The molecule has 0 amide bonds. The number of ketones is 1. The molecule has 0 aromatic carbocycles. The van der Waals surface area contributed by atoms with Gasteiger partial charge in [-0.05, 0) is 44.3 Å². The highest BCUT2D eigenvalue weighted by Crippen LogP contribution is 2.36. The number of hydrogen-bond donors (Lipinski definition) is 3. The topological polar surface area (TPSA) is 143 Å². The number of Topliss-reactive ketones (excluding diaryl/α,β-unsaturated/α-hetero) is 1. The number of carbonyl (C=O) groups excluding carboxylic acids is 3.